The Kier molecular flexibility index (Phi) is 4.18. The Hall–Kier alpha value is -1.51. The van der Waals surface area contributed by atoms with Crippen molar-refractivity contribution in [3.8, 4) is 0 Å². The third kappa shape index (κ3) is 3.58. The predicted octanol–water partition coefficient (Wildman–Crippen LogP) is 3.74. The highest BCUT2D eigenvalue weighted by atomic mass is 16.1. The number of hydrogen-bond acceptors (Lipinski definition) is 2. The monoisotopic (exact) mass is 286 g/mol. The predicted molar refractivity (Wildman–Crippen MR) is 86.7 cm³/mol. The average molecular weight is 286 g/mol. The van der Waals surface area contributed by atoms with Crippen molar-refractivity contribution in [2.45, 2.75) is 52.0 Å². The van der Waals surface area contributed by atoms with Crippen molar-refractivity contribution in [3.63, 3.8) is 0 Å². The molecule has 114 valence electrons. The van der Waals surface area contributed by atoms with Gasteiger partial charge in [-0.25, -0.2) is 0 Å². The van der Waals surface area contributed by atoms with Gasteiger partial charge in [0.1, 0.15) is 0 Å². The molecule has 0 aromatic heterocycles. The van der Waals surface area contributed by atoms with Gasteiger partial charge in [-0.05, 0) is 68.6 Å². The molecule has 0 spiro atoms. The quantitative estimate of drug-likeness (QED) is 0.802. The van der Waals surface area contributed by atoms with Crippen molar-refractivity contribution in [1.29, 1.82) is 0 Å². The standard InChI is InChI=1S/C18H26N2O/c1-3-10-19-16-11-12(2)4-9-15(16)18(21)20-17(13-5-6-13)14-7-8-14/h4,9,11,13-14,17,19H,3,5-8,10H2,1-2H3,(H,20,21). The maximum Gasteiger partial charge on any atom is 0.253 e. The van der Waals surface area contributed by atoms with Gasteiger partial charge in [0, 0.05) is 18.3 Å². The van der Waals surface area contributed by atoms with Crippen LogP contribution in [0.15, 0.2) is 18.2 Å². The van der Waals surface area contributed by atoms with Gasteiger partial charge in [-0.1, -0.05) is 13.0 Å². The van der Waals surface area contributed by atoms with E-state index in [4.69, 9.17) is 0 Å². The number of anilines is 1. The van der Waals surface area contributed by atoms with E-state index < -0.39 is 0 Å². The summed E-state index contributed by atoms with van der Waals surface area (Å²) in [6.45, 7) is 5.10. The fraction of sp³-hybridized carbons (Fsp3) is 0.611. The second kappa shape index (κ2) is 6.08. The van der Waals surface area contributed by atoms with Crippen LogP contribution in [0.4, 0.5) is 5.69 Å². The van der Waals surface area contributed by atoms with Gasteiger partial charge in [-0.2, -0.15) is 0 Å². The van der Waals surface area contributed by atoms with Crippen LogP contribution in [0.2, 0.25) is 0 Å². The molecule has 1 aromatic carbocycles. The lowest BCUT2D eigenvalue weighted by molar-refractivity contribution is 0.0927. The van der Waals surface area contributed by atoms with E-state index in [2.05, 4.69) is 30.5 Å². The van der Waals surface area contributed by atoms with Gasteiger partial charge in [0.25, 0.3) is 5.91 Å². The van der Waals surface area contributed by atoms with Crippen LogP contribution >= 0.6 is 0 Å². The lowest BCUT2D eigenvalue weighted by Gasteiger charge is -2.19. The van der Waals surface area contributed by atoms with Crippen LogP contribution in [0.3, 0.4) is 0 Å². The highest BCUT2D eigenvalue weighted by Gasteiger charge is 2.42. The molecule has 3 heteroatoms. The topological polar surface area (TPSA) is 41.1 Å². The Balaban J connectivity index is 1.73. The molecular formula is C18H26N2O. The fourth-order valence-electron chi connectivity index (χ4n) is 3.02. The van der Waals surface area contributed by atoms with Crippen LogP contribution in [0.5, 0.6) is 0 Å². The molecule has 2 saturated carbocycles. The summed E-state index contributed by atoms with van der Waals surface area (Å²) in [4.78, 5) is 12.7. The zero-order valence-corrected chi connectivity index (χ0v) is 13.1. The zero-order chi connectivity index (χ0) is 14.8. The number of carbonyl (C=O) groups is 1. The molecule has 2 aliphatic rings. The van der Waals surface area contributed by atoms with E-state index in [1.807, 2.05) is 12.1 Å². The molecule has 0 bridgehead atoms. The van der Waals surface area contributed by atoms with E-state index in [0.717, 1.165) is 36.1 Å². The largest absolute Gasteiger partial charge is 0.384 e. The van der Waals surface area contributed by atoms with E-state index >= 15 is 0 Å². The summed E-state index contributed by atoms with van der Waals surface area (Å²) in [5, 5.41) is 6.70. The molecule has 1 aromatic rings. The summed E-state index contributed by atoms with van der Waals surface area (Å²) in [7, 11) is 0. The van der Waals surface area contributed by atoms with Crippen molar-refractivity contribution in [2.24, 2.45) is 11.8 Å². The Morgan fingerprint density at radius 2 is 1.90 bits per heavy atom. The van der Waals surface area contributed by atoms with E-state index in [-0.39, 0.29) is 5.91 Å². The first-order valence-electron chi connectivity index (χ1n) is 8.34. The molecule has 0 heterocycles. The van der Waals surface area contributed by atoms with Gasteiger partial charge in [0.15, 0.2) is 0 Å². The summed E-state index contributed by atoms with van der Waals surface area (Å²) in [5.74, 6) is 1.57. The molecule has 0 aliphatic heterocycles. The smallest absolute Gasteiger partial charge is 0.253 e. The van der Waals surface area contributed by atoms with Crippen LogP contribution in [0.25, 0.3) is 0 Å². The molecule has 0 unspecified atom stereocenters. The minimum atomic E-state index is 0.0948. The van der Waals surface area contributed by atoms with E-state index in [1.165, 1.54) is 31.2 Å². The van der Waals surface area contributed by atoms with Crippen LogP contribution in [0.1, 0.15) is 54.9 Å². The lowest BCUT2D eigenvalue weighted by atomic mass is 10.0. The number of amides is 1. The third-order valence-corrected chi connectivity index (χ3v) is 4.54. The summed E-state index contributed by atoms with van der Waals surface area (Å²) in [6, 6.07) is 6.47. The Morgan fingerprint density at radius 3 is 2.48 bits per heavy atom. The molecule has 0 saturated heterocycles. The molecular weight excluding hydrogens is 260 g/mol. The molecule has 2 fully saturated rings. The molecule has 1 amide bonds. The second-order valence-corrected chi connectivity index (χ2v) is 6.65. The van der Waals surface area contributed by atoms with Crippen molar-refractivity contribution in [2.75, 3.05) is 11.9 Å². The van der Waals surface area contributed by atoms with Gasteiger partial charge >= 0.3 is 0 Å². The number of nitrogens with one attached hydrogen (secondary N) is 2. The van der Waals surface area contributed by atoms with E-state index in [0.29, 0.717) is 6.04 Å². The van der Waals surface area contributed by atoms with E-state index in [9.17, 15) is 4.79 Å². The normalized spacial score (nSPS) is 17.9. The number of hydrogen-bond donors (Lipinski definition) is 2. The highest BCUT2D eigenvalue weighted by Crippen LogP contribution is 2.44. The Bertz CT molecular complexity index is 506. The number of benzene rings is 1. The van der Waals surface area contributed by atoms with Crippen LogP contribution < -0.4 is 10.6 Å². The zero-order valence-electron chi connectivity index (χ0n) is 13.1. The molecule has 0 atom stereocenters. The van der Waals surface area contributed by atoms with Crippen LogP contribution in [0, 0.1) is 18.8 Å². The second-order valence-electron chi connectivity index (χ2n) is 6.65. The van der Waals surface area contributed by atoms with Crippen molar-refractivity contribution in [3.05, 3.63) is 29.3 Å². The molecule has 0 radical (unpaired) electrons. The minimum absolute atomic E-state index is 0.0948. The highest BCUT2D eigenvalue weighted by molar-refractivity contribution is 6.00. The van der Waals surface area contributed by atoms with Gasteiger partial charge in [-0.15, -0.1) is 0 Å². The van der Waals surface area contributed by atoms with Crippen molar-refractivity contribution < 1.29 is 4.79 Å². The van der Waals surface area contributed by atoms with E-state index in [1.54, 1.807) is 0 Å². The Labute approximate surface area is 127 Å². The number of rotatable bonds is 7. The van der Waals surface area contributed by atoms with Crippen molar-refractivity contribution in [1.82, 2.24) is 5.32 Å². The Morgan fingerprint density at radius 1 is 1.24 bits per heavy atom. The van der Waals surface area contributed by atoms with Gasteiger partial charge in [-0.3, -0.25) is 4.79 Å². The molecule has 3 nitrogen and oxygen atoms in total. The fourth-order valence-corrected chi connectivity index (χ4v) is 3.02. The maximum absolute atomic E-state index is 12.7. The summed E-state index contributed by atoms with van der Waals surface area (Å²) >= 11 is 0. The van der Waals surface area contributed by atoms with Gasteiger partial charge in [0.05, 0.1) is 5.56 Å². The molecule has 2 N–H and O–H groups in total. The third-order valence-electron chi connectivity index (χ3n) is 4.54. The molecule has 21 heavy (non-hydrogen) atoms. The van der Waals surface area contributed by atoms with Crippen molar-refractivity contribution >= 4 is 11.6 Å². The summed E-state index contributed by atoms with van der Waals surface area (Å²) < 4.78 is 0. The van der Waals surface area contributed by atoms with Gasteiger partial charge in [0.2, 0.25) is 0 Å². The molecule has 3 rings (SSSR count). The first kappa shape index (κ1) is 14.4. The van der Waals surface area contributed by atoms with Crippen LogP contribution in [-0.4, -0.2) is 18.5 Å². The maximum atomic E-state index is 12.7. The van der Waals surface area contributed by atoms with Crippen LogP contribution in [-0.2, 0) is 0 Å². The average Bonchev–Trinajstić information content (AvgIpc) is 3.35. The number of carbonyl (C=O) groups excluding carboxylic acids is 1. The minimum Gasteiger partial charge on any atom is -0.384 e. The number of aryl methyl sites for hydroxylation is 1. The lowest BCUT2D eigenvalue weighted by Crippen LogP contribution is -2.38. The molecule has 2 aliphatic carbocycles. The summed E-state index contributed by atoms with van der Waals surface area (Å²) in [5.41, 5.74) is 2.95. The first-order chi connectivity index (χ1) is 10.2. The first-order valence-corrected chi connectivity index (χ1v) is 8.34. The SMILES string of the molecule is CCCNc1cc(C)ccc1C(=O)NC(C1CC1)C1CC1. The van der Waals surface area contributed by atoms with Gasteiger partial charge < -0.3 is 10.6 Å². The summed E-state index contributed by atoms with van der Waals surface area (Å²) in [6.07, 6.45) is 6.21.